The largest absolute Gasteiger partial charge is 0.217 e. The van der Waals surface area contributed by atoms with Gasteiger partial charge in [0.05, 0.1) is 6.04 Å². The Morgan fingerprint density at radius 2 is 2.19 bits per heavy atom. The van der Waals surface area contributed by atoms with Crippen molar-refractivity contribution >= 4 is 24.4 Å². The molecule has 1 heterocycles. The first-order valence-corrected chi connectivity index (χ1v) is 7.20. The zero-order chi connectivity index (χ0) is 11.2. The maximum Gasteiger partial charge on any atom is 0.209 e. The van der Waals surface area contributed by atoms with Crippen molar-refractivity contribution < 1.29 is 0 Å². The third-order valence-corrected chi connectivity index (χ3v) is 3.81. The van der Waals surface area contributed by atoms with Crippen LogP contribution in [-0.4, -0.2) is 31.7 Å². The SMILES string of the molecule is SCC=CCSc1nnnn1C1CCCC1. The molecule has 1 aromatic heterocycles. The fraction of sp³-hybridized carbons (Fsp3) is 0.700. The van der Waals surface area contributed by atoms with Crippen molar-refractivity contribution in [3.05, 3.63) is 12.2 Å². The third kappa shape index (κ3) is 3.01. The molecule has 16 heavy (non-hydrogen) atoms. The Hall–Kier alpha value is -0.490. The molecule has 0 aromatic carbocycles. The number of nitrogens with zero attached hydrogens (tertiary/aromatic N) is 4. The summed E-state index contributed by atoms with van der Waals surface area (Å²) in [5.41, 5.74) is 0. The quantitative estimate of drug-likeness (QED) is 0.499. The Morgan fingerprint density at radius 1 is 1.38 bits per heavy atom. The fourth-order valence-corrected chi connectivity index (χ4v) is 2.87. The van der Waals surface area contributed by atoms with Crippen LogP contribution in [0.15, 0.2) is 17.3 Å². The van der Waals surface area contributed by atoms with Crippen LogP contribution in [0.3, 0.4) is 0 Å². The van der Waals surface area contributed by atoms with E-state index in [-0.39, 0.29) is 0 Å². The Kier molecular flexibility index (Phi) is 4.71. The second-order valence-electron chi connectivity index (χ2n) is 3.81. The van der Waals surface area contributed by atoms with Crippen LogP contribution in [0.1, 0.15) is 31.7 Å². The van der Waals surface area contributed by atoms with E-state index in [4.69, 9.17) is 0 Å². The van der Waals surface area contributed by atoms with E-state index in [9.17, 15) is 0 Å². The van der Waals surface area contributed by atoms with Gasteiger partial charge in [0, 0.05) is 11.5 Å². The van der Waals surface area contributed by atoms with E-state index in [0.717, 1.165) is 16.7 Å². The molecule has 0 unspecified atom stereocenters. The highest BCUT2D eigenvalue weighted by Crippen LogP contribution is 2.31. The normalized spacial score (nSPS) is 17.6. The van der Waals surface area contributed by atoms with Gasteiger partial charge in [0.25, 0.3) is 0 Å². The van der Waals surface area contributed by atoms with Crippen LogP contribution < -0.4 is 0 Å². The van der Waals surface area contributed by atoms with E-state index in [1.807, 2.05) is 10.8 Å². The monoisotopic (exact) mass is 256 g/mol. The number of rotatable bonds is 5. The molecule has 0 radical (unpaired) electrons. The van der Waals surface area contributed by atoms with Gasteiger partial charge in [-0.15, -0.1) is 5.10 Å². The maximum atomic E-state index is 4.12. The smallest absolute Gasteiger partial charge is 0.209 e. The zero-order valence-electron chi connectivity index (χ0n) is 9.12. The van der Waals surface area contributed by atoms with E-state index in [1.54, 1.807) is 11.8 Å². The van der Waals surface area contributed by atoms with E-state index in [1.165, 1.54) is 25.7 Å². The molecule has 6 heteroatoms. The number of thioether (sulfide) groups is 1. The van der Waals surface area contributed by atoms with Gasteiger partial charge in [-0.2, -0.15) is 12.6 Å². The lowest BCUT2D eigenvalue weighted by atomic mass is 10.3. The summed E-state index contributed by atoms with van der Waals surface area (Å²) in [5.74, 6) is 1.70. The second-order valence-corrected chi connectivity index (χ2v) is 5.16. The summed E-state index contributed by atoms with van der Waals surface area (Å²) in [6.07, 6.45) is 9.17. The first kappa shape index (κ1) is 12.0. The molecule has 1 saturated carbocycles. The summed E-state index contributed by atoms with van der Waals surface area (Å²) >= 11 is 5.81. The maximum absolute atomic E-state index is 4.12. The van der Waals surface area contributed by atoms with Gasteiger partial charge in [0.2, 0.25) is 5.16 Å². The summed E-state index contributed by atoms with van der Waals surface area (Å²) in [6.45, 7) is 0. The van der Waals surface area contributed by atoms with Gasteiger partial charge in [-0.3, -0.25) is 0 Å². The molecule has 88 valence electrons. The van der Waals surface area contributed by atoms with Gasteiger partial charge in [-0.1, -0.05) is 36.8 Å². The molecule has 4 nitrogen and oxygen atoms in total. The molecule has 2 rings (SSSR count). The molecule has 0 spiro atoms. The molecular formula is C10H16N4S2. The van der Waals surface area contributed by atoms with Crippen LogP contribution in [0.25, 0.3) is 0 Å². The lowest BCUT2D eigenvalue weighted by Gasteiger charge is -2.09. The van der Waals surface area contributed by atoms with Gasteiger partial charge in [0.15, 0.2) is 0 Å². The van der Waals surface area contributed by atoms with E-state index in [2.05, 4.69) is 34.2 Å². The molecule has 1 aliphatic carbocycles. The van der Waals surface area contributed by atoms with Crippen LogP contribution in [0.2, 0.25) is 0 Å². The second kappa shape index (κ2) is 6.30. The molecule has 1 aliphatic rings. The van der Waals surface area contributed by atoms with Crippen LogP contribution >= 0.6 is 24.4 Å². The number of aromatic nitrogens is 4. The van der Waals surface area contributed by atoms with Gasteiger partial charge >= 0.3 is 0 Å². The van der Waals surface area contributed by atoms with Crippen LogP contribution in [0.5, 0.6) is 0 Å². The lowest BCUT2D eigenvalue weighted by Crippen LogP contribution is -2.08. The highest BCUT2D eigenvalue weighted by atomic mass is 32.2. The van der Waals surface area contributed by atoms with E-state index in [0.29, 0.717) is 6.04 Å². The zero-order valence-corrected chi connectivity index (χ0v) is 10.8. The van der Waals surface area contributed by atoms with Gasteiger partial charge in [-0.05, 0) is 23.3 Å². The molecule has 0 atom stereocenters. The summed E-state index contributed by atoms with van der Waals surface area (Å²) in [6, 6.07) is 0.520. The van der Waals surface area contributed by atoms with Gasteiger partial charge in [0.1, 0.15) is 0 Å². The van der Waals surface area contributed by atoms with Crippen molar-refractivity contribution in [1.29, 1.82) is 0 Å². The minimum absolute atomic E-state index is 0.520. The number of tetrazole rings is 1. The van der Waals surface area contributed by atoms with Crippen molar-refractivity contribution in [2.24, 2.45) is 0 Å². The first-order chi connectivity index (χ1) is 7.92. The van der Waals surface area contributed by atoms with Crippen LogP contribution in [0, 0.1) is 0 Å². The lowest BCUT2D eigenvalue weighted by molar-refractivity contribution is 0.423. The molecule has 0 saturated heterocycles. The average molecular weight is 256 g/mol. The third-order valence-electron chi connectivity index (χ3n) is 2.71. The highest BCUT2D eigenvalue weighted by molar-refractivity contribution is 7.99. The van der Waals surface area contributed by atoms with Gasteiger partial charge in [-0.25, -0.2) is 4.68 Å². The van der Waals surface area contributed by atoms with Crippen molar-refractivity contribution in [2.75, 3.05) is 11.5 Å². The standard InChI is InChI=1S/C10H16N4S2/c15-7-3-4-8-16-10-11-12-13-14(10)9-5-1-2-6-9/h3-4,9,15H,1-2,5-8H2. The highest BCUT2D eigenvalue weighted by Gasteiger charge is 2.21. The van der Waals surface area contributed by atoms with Crippen LogP contribution in [0.4, 0.5) is 0 Å². The van der Waals surface area contributed by atoms with Gasteiger partial charge < -0.3 is 0 Å². The first-order valence-electron chi connectivity index (χ1n) is 5.58. The van der Waals surface area contributed by atoms with Crippen molar-refractivity contribution in [3.63, 3.8) is 0 Å². The molecular weight excluding hydrogens is 240 g/mol. The number of hydrogen-bond acceptors (Lipinski definition) is 5. The van der Waals surface area contributed by atoms with Crippen molar-refractivity contribution in [2.45, 2.75) is 36.9 Å². The summed E-state index contributed by atoms with van der Waals surface area (Å²) in [5, 5.41) is 12.9. The molecule has 0 bridgehead atoms. The Bertz CT molecular complexity index is 344. The average Bonchev–Trinajstić information content (AvgIpc) is 2.94. The molecule has 1 aromatic rings. The summed E-state index contributed by atoms with van der Waals surface area (Å²) in [4.78, 5) is 0. The molecule has 0 amide bonds. The molecule has 1 fully saturated rings. The van der Waals surface area contributed by atoms with E-state index < -0.39 is 0 Å². The van der Waals surface area contributed by atoms with Crippen molar-refractivity contribution in [3.8, 4) is 0 Å². The number of hydrogen-bond donors (Lipinski definition) is 1. The minimum atomic E-state index is 0.520. The summed E-state index contributed by atoms with van der Waals surface area (Å²) in [7, 11) is 0. The molecule has 0 aliphatic heterocycles. The number of thiol groups is 1. The van der Waals surface area contributed by atoms with E-state index >= 15 is 0 Å². The topological polar surface area (TPSA) is 43.6 Å². The van der Waals surface area contributed by atoms with Crippen LogP contribution in [-0.2, 0) is 0 Å². The van der Waals surface area contributed by atoms with Crippen molar-refractivity contribution in [1.82, 2.24) is 20.2 Å². The fourth-order valence-electron chi connectivity index (χ4n) is 1.92. The molecule has 0 N–H and O–H groups in total. The minimum Gasteiger partial charge on any atom is -0.217 e. The Morgan fingerprint density at radius 3 is 2.94 bits per heavy atom. The Labute approximate surface area is 105 Å². The Balaban J connectivity index is 1.93. The summed E-state index contributed by atoms with van der Waals surface area (Å²) < 4.78 is 1.99. The predicted molar refractivity (Wildman–Crippen MR) is 69.0 cm³/mol. The predicted octanol–water partition coefficient (Wildman–Crippen LogP) is 2.37.